The average molecular weight is 411 g/mol. The molecule has 0 spiro atoms. The van der Waals surface area contributed by atoms with E-state index in [1.165, 1.54) is 4.90 Å². The van der Waals surface area contributed by atoms with E-state index in [9.17, 15) is 13.2 Å². The molecule has 0 amide bonds. The number of benzene rings is 1. The molecule has 0 bridgehead atoms. The highest BCUT2D eigenvalue weighted by atomic mass is 35.5. The summed E-state index contributed by atoms with van der Waals surface area (Å²) >= 11 is 12.1. The van der Waals surface area contributed by atoms with Crippen LogP contribution < -0.4 is 10.6 Å². The molecule has 1 saturated heterocycles. The topological polar surface area (TPSA) is 39.7 Å². The van der Waals surface area contributed by atoms with Crippen molar-refractivity contribution in [1.29, 1.82) is 0 Å². The van der Waals surface area contributed by atoms with Crippen molar-refractivity contribution in [3.8, 4) is 0 Å². The SMILES string of the molecule is CN=C(NCC1CCN(CC(F)(F)F)C1)NC(C)c1ccc(Cl)cc1Cl. The first-order chi connectivity index (χ1) is 12.2. The molecule has 0 aromatic heterocycles. The number of nitrogens with one attached hydrogen (secondary N) is 2. The molecule has 1 heterocycles. The van der Waals surface area contributed by atoms with Gasteiger partial charge in [-0.1, -0.05) is 29.3 Å². The maximum absolute atomic E-state index is 12.5. The normalized spacial score (nSPS) is 20.3. The quantitative estimate of drug-likeness (QED) is 0.566. The van der Waals surface area contributed by atoms with E-state index in [-0.39, 0.29) is 12.0 Å². The molecule has 146 valence electrons. The van der Waals surface area contributed by atoms with Gasteiger partial charge in [-0.15, -0.1) is 0 Å². The van der Waals surface area contributed by atoms with Gasteiger partial charge in [0.25, 0.3) is 0 Å². The van der Waals surface area contributed by atoms with E-state index in [1.807, 2.05) is 13.0 Å². The van der Waals surface area contributed by atoms with E-state index in [4.69, 9.17) is 23.2 Å². The summed E-state index contributed by atoms with van der Waals surface area (Å²) in [6.45, 7) is 2.57. The van der Waals surface area contributed by atoms with Crippen molar-refractivity contribution in [3.63, 3.8) is 0 Å². The standard InChI is InChI=1S/C17H23Cl2F3N4/c1-11(14-4-3-13(18)7-15(14)19)25-16(23-2)24-8-12-5-6-26(9-12)10-17(20,21)22/h3-4,7,11-12H,5-6,8-10H2,1-2H3,(H2,23,24,25). The number of aliphatic imine (C=N–C) groups is 1. The molecule has 1 aliphatic heterocycles. The van der Waals surface area contributed by atoms with Crippen LogP contribution in [-0.4, -0.2) is 50.3 Å². The van der Waals surface area contributed by atoms with Crippen LogP contribution in [0.15, 0.2) is 23.2 Å². The molecule has 26 heavy (non-hydrogen) atoms. The Morgan fingerprint density at radius 2 is 2.12 bits per heavy atom. The third kappa shape index (κ3) is 6.52. The van der Waals surface area contributed by atoms with E-state index >= 15 is 0 Å². The van der Waals surface area contributed by atoms with Gasteiger partial charge in [0.1, 0.15) is 0 Å². The van der Waals surface area contributed by atoms with Crippen molar-refractivity contribution in [2.45, 2.75) is 25.6 Å². The van der Waals surface area contributed by atoms with Crippen molar-refractivity contribution in [1.82, 2.24) is 15.5 Å². The highest BCUT2D eigenvalue weighted by molar-refractivity contribution is 6.35. The van der Waals surface area contributed by atoms with Gasteiger partial charge in [-0.2, -0.15) is 13.2 Å². The third-order valence-electron chi connectivity index (χ3n) is 4.34. The summed E-state index contributed by atoms with van der Waals surface area (Å²) in [5.74, 6) is 0.739. The second-order valence-corrected chi connectivity index (χ2v) is 7.33. The summed E-state index contributed by atoms with van der Waals surface area (Å²) in [6.07, 6.45) is -3.41. The average Bonchev–Trinajstić information content (AvgIpc) is 2.96. The van der Waals surface area contributed by atoms with E-state index in [0.717, 1.165) is 12.0 Å². The fraction of sp³-hybridized carbons (Fsp3) is 0.588. The Labute approximate surface area is 161 Å². The Morgan fingerprint density at radius 3 is 2.73 bits per heavy atom. The van der Waals surface area contributed by atoms with Crippen LogP contribution in [0.4, 0.5) is 13.2 Å². The molecule has 2 N–H and O–H groups in total. The molecule has 1 aromatic carbocycles. The number of halogens is 5. The molecule has 0 radical (unpaired) electrons. The number of likely N-dealkylation sites (tertiary alicyclic amines) is 1. The lowest BCUT2D eigenvalue weighted by atomic mass is 10.1. The highest BCUT2D eigenvalue weighted by Gasteiger charge is 2.34. The van der Waals surface area contributed by atoms with E-state index in [2.05, 4.69) is 15.6 Å². The summed E-state index contributed by atoms with van der Waals surface area (Å²) in [5.41, 5.74) is 0.885. The van der Waals surface area contributed by atoms with Crippen LogP contribution in [0.2, 0.25) is 10.0 Å². The van der Waals surface area contributed by atoms with Crippen LogP contribution >= 0.6 is 23.2 Å². The zero-order valence-corrected chi connectivity index (χ0v) is 16.2. The summed E-state index contributed by atoms with van der Waals surface area (Å²) in [6, 6.07) is 5.20. The lowest BCUT2D eigenvalue weighted by molar-refractivity contribution is -0.143. The van der Waals surface area contributed by atoms with Crippen LogP contribution in [0.5, 0.6) is 0 Å². The molecule has 2 rings (SSSR count). The third-order valence-corrected chi connectivity index (χ3v) is 4.90. The van der Waals surface area contributed by atoms with Gasteiger partial charge < -0.3 is 10.6 Å². The molecule has 0 saturated carbocycles. The van der Waals surface area contributed by atoms with Gasteiger partial charge in [-0.25, -0.2) is 0 Å². The predicted molar refractivity (Wildman–Crippen MR) is 100.0 cm³/mol. The molecule has 1 aromatic rings. The minimum absolute atomic E-state index is 0.101. The summed E-state index contributed by atoms with van der Waals surface area (Å²) in [5, 5.41) is 7.55. The van der Waals surface area contributed by atoms with Crippen LogP contribution in [0.3, 0.4) is 0 Å². The minimum Gasteiger partial charge on any atom is -0.356 e. The number of guanidine groups is 1. The second-order valence-electron chi connectivity index (χ2n) is 6.49. The zero-order valence-electron chi connectivity index (χ0n) is 14.7. The minimum atomic E-state index is -4.15. The van der Waals surface area contributed by atoms with E-state index in [0.29, 0.717) is 35.6 Å². The van der Waals surface area contributed by atoms with Gasteiger partial charge in [-0.3, -0.25) is 9.89 Å². The molecule has 2 atom stereocenters. The lowest BCUT2D eigenvalue weighted by Crippen LogP contribution is -2.41. The molecule has 9 heteroatoms. The van der Waals surface area contributed by atoms with Crippen LogP contribution in [0, 0.1) is 5.92 Å². The Kier molecular flexibility index (Phi) is 7.43. The Hall–Kier alpha value is -1.18. The molecular weight excluding hydrogens is 388 g/mol. The number of nitrogens with zero attached hydrogens (tertiary/aromatic N) is 2. The smallest absolute Gasteiger partial charge is 0.356 e. The molecular formula is C17H23Cl2F3N4. The van der Waals surface area contributed by atoms with Gasteiger partial charge in [0.05, 0.1) is 12.6 Å². The predicted octanol–water partition coefficient (Wildman–Crippen LogP) is 4.10. The number of rotatable bonds is 5. The lowest BCUT2D eigenvalue weighted by Gasteiger charge is -2.21. The fourth-order valence-corrected chi connectivity index (χ4v) is 3.62. The van der Waals surface area contributed by atoms with Gasteiger partial charge in [-0.05, 0) is 43.5 Å². The monoisotopic (exact) mass is 410 g/mol. The molecule has 1 aliphatic rings. The van der Waals surface area contributed by atoms with Crippen molar-refractivity contribution in [3.05, 3.63) is 33.8 Å². The van der Waals surface area contributed by atoms with Crippen molar-refractivity contribution < 1.29 is 13.2 Å². The Balaban J connectivity index is 1.83. The summed E-state index contributed by atoms with van der Waals surface area (Å²) < 4.78 is 37.4. The first kappa shape index (κ1) is 21.1. The largest absolute Gasteiger partial charge is 0.401 e. The first-order valence-corrected chi connectivity index (χ1v) is 9.14. The van der Waals surface area contributed by atoms with Gasteiger partial charge in [0, 0.05) is 30.2 Å². The molecule has 4 nitrogen and oxygen atoms in total. The molecule has 1 fully saturated rings. The summed E-state index contributed by atoms with van der Waals surface area (Å²) in [7, 11) is 1.65. The van der Waals surface area contributed by atoms with Crippen molar-refractivity contribution >= 4 is 29.2 Å². The van der Waals surface area contributed by atoms with Crippen LogP contribution in [-0.2, 0) is 0 Å². The number of hydrogen-bond donors (Lipinski definition) is 2. The van der Waals surface area contributed by atoms with Crippen molar-refractivity contribution in [2.24, 2.45) is 10.9 Å². The highest BCUT2D eigenvalue weighted by Crippen LogP contribution is 2.26. The molecule has 0 aliphatic carbocycles. The first-order valence-electron chi connectivity index (χ1n) is 8.39. The van der Waals surface area contributed by atoms with Crippen LogP contribution in [0.25, 0.3) is 0 Å². The number of alkyl halides is 3. The molecule has 2 unspecified atom stereocenters. The Morgan fingerprint density at radius 1 is 1.38 bits per heavy atom. The fourth-order valence-electron chi connectivity index (χ4n) is 3.05. The maximum Gasteiger partial charge on any atom is 0.401 e. The van der Waals surface area contributed by atoms with Gasteiger partial charge in [0.15, 0.2) is 5.96 Å². The summed E-state index contributed by atoms with van der Waals surface area (Å²) in [4.78, 5) is 5.61. The number of hydrogen-bond acceptors (Lipinski definition) is 2. The second kappa shape index (κ2) is 9.15. The van der Waals surface area contributed by atoms with Gasteiger partial charge in [0.2, 0.25) is 0 Å². The van der Waals surface area contributed by atoms with E-state index in [1.54, 1.807) is 19.2 Å². The zero-order chi connectivity index (χ0) is 19.3. The van der Waals surface area contributed by atoms with Crippen molar-refractivity contribution in [2.75, 3.05) is 33.2 Å². The van der Waals surface area contributed by atoms with E-state index < -0.39 is 12.7 Å². The maximum atomic E-state index is 12.5. The Bertz CT molecular complexity index is 637. The van der Waals surface area contributed by atoms with Gasteiger partial charge >= 0.3 is 6.18 Å². The van der Waals surface area contributed by atoms with Crippen LogP contribution in [0.1, 0.15) is 24.9 Å².